The van der Waals surface area contributed by atoms with Gasteiger partial charge in [-0.25, -0.2) is 4.98 Å². The third-order valence-corrected chi connectivity index (χ3v) is 4.88. The number of benzene rings is 1. The highest BCUT2D eigenvalue weighted by Gasteiger charge is 2.09. The van der Waals surface area contributed by atoms with Crippen molar-refractivity contribution in [2.75, 3.05) is 23.9 Å². The lowest BCUT2D eigenvalue weighted by Crippen LogP contribution is -2.15. The van der Waals surface area contributed by atoms with Gasteiger partial charge in [-0.1, -0.05) is 37.6 Å². The van der Waals surface area contributed by atoms with Gasteiger partial charge in [-0.15, -0.1) is 23.1 Å². The zero-order chi connectivity index (χ0) is 17.4. The normalized spacial score (nSPS) is 10.4. The average Bonchev–Trinajstić information content (AvgIpc) is 3.04. The number of aromatic nitrogens is 1. The molecule has 1 aromatic heterocycles. The summed E-state index contributed by atoms with van der Waals surface area (Å²) in [5.41, 5.74) is 3.19. The number of hydrogen-bond donors (Lipinski definition) is 1. The molecule has 0 atom stereocenters. The highest BCUT2D eigenvalue weighted by Crippen LogP contribution is 2.25. The number of amides is 1. The van der Waals surface area contributed by atoms with Crippen LogP contribution in [0.1, 0.15) is 18.9 Å². The fraction of sp³-hybridized carbons (Fsp3) is 0.353. The van der Waals surface area contributed by atoms with Crippen LogP contribution in [0, 0.1) is 0 Å². The maximum atomic E-state index is 11.8. The molecule has 0 aliphatic rings. The van der Waals surface area contributed by atoms with Crippen LogP contribution in [0.25, 0.3) is 11.3 Å². The number of nitrogens with zero attached hydrogens (tertiary/aromatic N) is 1. The molecule has 24 heavy (non-hydrogen) atoms. The minimum atomic E-state index is -0.337. The zero-order valence-corrected chi connectivity index (χ0v) is 15.3. The van der Waals surface area contributed by atoms with Gasteiger partial charge in [0.1, 0.15) is 0 Å². The number of thiazole rings is 1. The minimum Gasteiger partial charge on any atom is -0.468 e. The molecule has 0 fully saturated rings. The van der Waals surface area contributed by atoms with Crippen LogP contribution in [-0.4, -0.2) is 35.5 Å². The first-order valence-corrected chi connectivity index (χ1v) is 9.65. The molecule has 0 saturated heterocycles. The molecule has 0 spiro atoms. The zero-order valence-electron chi connectivity index (χ0n) is 13.7. The summed E-state index contributed by atoms with van der Waals surface area (Å²) in [7, 11) is 1.33. The number of thioether (sulfide) groups is 1. The van der Waals surface area contributed by atoms with E-state index in [0.717, 1.165) is 24.1 Å². The minimum absolute atomic E-state index is 0.164. The molecular formula is C17H20N2O3S2. The number of anilines is 1. The average molecular weight is 364 g/mol. The van der Waals surface area contributed by atoms with E-state index < -0.39 is 0 Å². The van der Waals surface area contributed by atoms with E-state index in [1.54, 1.807) is 0 Å². The van der Waals surface area contributed by atoms with Gasteiger partial charge in [0.05, 0.1) is 24.3 Å². The standard InChI is InChI=1S/C17H20N2O3S2/c1-3-4-12-5-7-13(8-6-12)14-9-24-17(18-14)19-15(20)10-23-11-16(21)22-2/h5-9H,3-4,10-11H2,1-2H3,(H,18,19,20). The van der Waals surface area contributed by atoms with Crippen molar-refractivity contribution >= 4 is 40.1 Å². The predicted octanol–water partition coefficient (Wildman–Crippen LogP) is 3.61. The summed E-state index contributed by atoms with van der Waals surface area (Å²) < 4.78 is 4.52. The Balaban J connectivity index is 1.88. The summed E-state index contributed by atoms with van der Waals surface area (Å²) in [5, 5.41) is 5.24. The molecule has 0 radical (unpaired) electrons. The summed E-state index contributed by atoms with van der Waals surface area (Å²) in [6, 6.07) is 8.33. The van der Waals surface area contributed by atoms with Crippen LogP contribution >= 0.6 is 23.1 Å². The molecule has 5 nitrogen and oxygen atoms in total. The number of carbonyl (C=O) groups is 2. The van der Waals surface area contributed by atoms with E-state index in [-0.39, 0.29) is 23.4 Å². The van der Waals surface area contributed by atoms with Crippen LogP contribution in [-0.2, 0) is 20.7 Å². The Morgan fingerprint density at radius 3 is 2.67 bits per heavy atom. The van der Waals surface area contributed by atoms with Crippen LogP contribution in [0.3, 0.4) is 0 Å². The van der Waals surface area contributed by atoms with Gasteiger partial charge in [-0.2, -0.15) is 0 Å². The molecule has 0 aliphatic carbocycles. The third-order valence-electron chi connectivity index (χ3n) is 3.22. The van der Waals surface area contributed by atoms with E-state index in [0.29, 0.717) is 5.13 Å². The number of esters is 1. The molecule has 1 N–H and O–H groups in total. The SMILES string of the molecule is CCCc1ccc(-c2csc(NC(=O)CSCC(=O)OC)n2)cc1. The first kappa shape index (κ1) is 18.5. The summed E-state index contributed by atoms with van der Waals surface area (Å²) in [5.74, 6) is -0.161. The number of ether oxygens (including phenoxy) is 1. The van der Waals surface area contributed by atoms with Gasteiger partial charge in [0.25, 0.3) is 0 Å². The maximum absolute atomic E-state index is 11.8. The molecule has 128 valence electrons. The second kappa shape index (κ2) is 9.44. The van der Waals surface area contributed by atoms with Crippen molar-refractivity contribution in [3.63, 3.8) is 0 Å². The van der Waals surface area contributed by atoms with Gasteiger partial charge in [-0.05, 0) is 12.0 Å². The highest BCUT2D eigenvalue weighted by molar-refractivity contribution is 8.00. The largest absolute Gasteiger partial charge is 0.468 e. The number of hydrogen-bond acceptors (Lipinski definition) is 6. The van der Waals surface area contributed by atoms with Gasteiger partial charge >= 0.3 is 5.97 Å². The van der Waals surface area contributed by atoms with Crippen molar-refractivity contribution in [2.24, 2.45) is 0 Å². The van der Waals surface area contributed by atoms with Crippen LogP contribution in [0.2, 0.25) is 0 Å². The van der Waals surface area contributed by atoms with Crippen LogP contribution in [0.4, 0.5) is 5.13 Å². The number of methoxy groups -OCH3 is 1. The van der Waals surface area contributed by atoms with Gasteiger partial charge in [-0.3, -0.25) is 9.59 Å². The van der Waals surface area contributed by atoms with Crippen molar-refractivity contribution in [1.82, 2.24) is 4.98 Å². The van der Waals surface area contributed by atoms with Crippen LogP contribution in [0.5, 0.6) is 0 Å². The van der Waals surface area contributed by atoms with E-state index >= 15 is 0 Å². The quantitative estimate of drug-likeness (QED) is 0.725. The van der Waals surface area contributed by atoms with Crippen molar-refractivity contribution in [3.05, 3.63) is 35.2 Å². The summed E-state index contributed by atoms with van der Waals surface area (Å²) in [6.45, 7) is 2.16. The first-order chi connectivity index (χ1) is 11.6. The van der Waals surface area contributed by atoms with Gasteiger partial charge in [0.2, 0.25) is 5.91 Å². The summed E-state index contributed by atoms with van der Waals surface area (Å²) >= 11 is 2.60. The lowest BCUT2D eigenvalue weighted by Gasteiger charge is -2.02. The second-order valence-corrected chi connectivity index (χ2v) is 6.95. The van der Waals surface area contributed by atoms with E-state index in [9.17, 15) is 9.59 Å². The number of carbonyl (C=O) groups excluding carboxylic acids is 2. The molecular weight excluding hydrogens is 344 g/mol. The Kier molecular flexibility index (Phi) is 7.27. The Hall–Kier alpha value is -1.86. The number of rotatable bonds is 8. The molecule has 2 rings (SSSR count). The number of nitrogens with one attached hydrogen (secondary N) is 1. The van der Waals surface area contributed by atoms with Crippen molar-refractivity contribution < 1.29 is 14.3 Å². The fourth-order valence-electron chi connectivity index (χ4n) is 2.04. The van der Waals surface area contributed by atoms with E-state index in [2.05, 4.69) is 46.2 Å². The van der Waals surface area contributed by atoms with E-state index in [4.69, 9.17) is 0 Å². The van der Waals surface area contributed by atoms with Gasteiger partial charge < -0.3 is 10.1 Å². The Morgan fingerprint density at radius 2 is 2.00 bits per heavy atom. The monoisotopic (exact) mass is 364 g/mol. The molecule has 1 amide bonds. The third kappa shape index (κ3) is 5.65. The van der Waals surface area contributed by atoms with E-state index in [1.165, 1.54) is 35.8 Å². The molecule has 0 unspecified atom stereocenters. The number of aryl methyl sites for hydroxylation is 1. The molecule has 2 aromatic rings. The Bertz CT molecular complexity index is 683. The molecule has 7 heteroatoms. The Morgan fingerprint density at radius 1 is 1.25 bits per heavy atom. The summed E-state index contributed by atoms with van der Waals surface area (Å²) in [4.78, 5) is 27.3. The molecule has 1 aromatic carbocycles. The smallest absolute Gasteiger partial charge is 0.315 e. The summed E-state index contributed by atoms with van der Waals surface area (Å²) in [6.07, 6.45) is 2.20. The molecule has 0 aliphatic heterocycles. The lowest BCUT2D eigenvalue weighted by atomic mass is 10.1. The second-order valence-electron chi connectivity index (χ2n) is 5.10. The van der Waals surface area contributed by atoms with Crippen molar-refractivity contribution in [3.8, 4) is 11.3 Å². The maximum Gasteiger partial charge on any atom is 0.315 e. The van der Waals surface area contributed by atoms with Crippen molar-refractivity contribution in [1.29, 1.82) is 0 Å². The van der Waals surface area contributed by atoms with Crippen molar-refractivity contribution in [2.45, 2.75) is 19.8 Å². The molecule has 0 bridgehead atoms. The molecule has 0 saturated carbocycles. The van der Waals surface area contributed by atoms with Crippen LogP contribution in [0.15, 0.2) is 29.6 Å². The van der Waals surface area contributed by atoms with E-state index in [1.807, 2.05) is 5.38 Å². The van der Waals surface area contributed by atoms with Gasteiger partial charge in [0.15, 0.2) is 5.13 Å². The van der Waals surface area contributed by atoms with Crippen LogP contribution < -0.4 is 5.32 Å². The van der Waals surface area contributed by atoms with Gasteiger partial charge in [0, 0.05) is 10.9 Å². The highest BCUT2D eigenvalue weighted by atomic mass is 32.2. The topological polar surface area (TPSA) is 68.3 Å². The molecule has 1 heterocycles. The first-order valence-electron chi connectivity index (χ1n) is 7.61. The Labute approximate surface area is 149 Å². The fourth-order valence-corrected chi connectivity index (χ4v) is 3.42. The predicted molar refractivity (Wildman–Crippen MR) is 99.5 cm³/mol. The lowest BCUT2D eigenvalue weighted by molar-refractivity contribution is -0.137.